The van der Waals surface area contributed by atoms with Crippen LogP contribution < -0.4 is 0 Å². The summed E-state index contributed by atoms with van der Waals surface area (Å²) < 4.78 is 67.4. The van der Waals surface area contributed by atoms with E-state index in [0.717, 1.165) is 0 Å². The van der Waals surface area contributed by atoms with Crippen LogP contribution in [0.1, 0.15) is 0 Å². The number of alkyl halides is 3. The predicted octanol–water partition coefficient (Wildman–Crippen LogP) is 0.282. The van der Waals surface area contributed by atoms with Crippen LogP contribution in [0.4, 0.5) is 8.78 Å². The van der Waals surface area contributed by atoms with Crippen molar-refractivity contribution < 1.29 is 40.8 Å². The molecule has 0 aliphatic heterocycles. The van der Waals surface area contributed by atoms with Gasteiger partial charge in [-0.3, -0.25) is 4.55 Å². The van der Waals surface area contributed by atoms with Crippen LogP contribution in [0.3, 0.4) is 0 Å². The highest BCUT2D eigenvalue weighted by molar-refractivity contribution is 7.87. The Kier molecular flexibility index (Phi) is 8.34. The maximum Gasteiger partial charge on any atom is 0.465 e. The summed E-state index contributed by atoms with van der Waals surface area (Å²) in [5.41, 5.74) is 0. The fourth-order valence-electron chi connectivity index (χ4n) is 0.759. The van der Waals surface area contributed by atoms with Gasteiger partial charge in [0.2, 0.25) is 0 Å². The number of ether oxygens (including phenoxy) is 3. The molecule has 19 heavy (non-hydrogen) atoms. The topological polar surface area (TPSA) is 99.1 Å². The van der Waals surface area contributed by atoms with Crippen molar-refractivity contribution in [2.24, 2.45) is 0 Å². The molecule has 0 aliphatic rings. The summed E-state index contributed by atoms with van der Waals surface area (Å²) in [6.07, 6.45) is 0. The lowest BCUT2D eigenvalue weighted by atomic mass is 10.6. The van der Waals surface area contributed by atoms with Crippen LogP contribution in [0.2, 0.25) is 0 Å². The normalized spacial score (nSPS) is 12.4. The quantitative estimate of drug-likeness (QED) is 0.266. The van der Waals surface area contributed by atoms with Gasteiger partial charge < -0.3 is 14.2 Å². The van der Waals surface area contributed by atoms with Gasteiger partial charge in [-0.15, -0.1) is 11.6 Å². The fraction of sp³-hybridized carbons (Fsp3) is 0.875. The van der Waals surface area contributed by atoms with E-state index in [1.807, 2.05) is 0 Å². The van der Waals surface area contributed by atoms with Crippen molar-refractivity contribution >= 4 is 27.7 Å². The van der Waals surface area contributed by atoms with Crippen molar-refractivity contribution in [3.8, 4) is 0 Å². The maximum atomic E-state index is 12.7. The maximum absolute atomic E-state index is 12.7. The zero-order valence-corrected chi connectivity index (χ0v) is 11.3. The second-order valence-electron chi connectivity index (χ2n) is 3.04. The van der Waals surface area contributed by atoms with Crippen LogP contribution in [0.25, 0.3) is 0 Å². The molecule has 0 fully saturated rings. The molecule has 0 aromatic heterocycles. The Morgan fingerprint density at radius 1 is 1.11 bits per heavy atom. The van der Waals surface area contributed by atoms with E-state index in [4.69, 9.17) is 25.6 Å². The average Bonchev–Trinajstić information content (AvgIpc) is 2.30. The molecule has 0 rings (SSSR count). The van der Waals surface area contributed by atoms with Gasteiger partial charge in [0.1, 0.15) is 6.61 Å². The highest BCUT2D eigenvalue weighted by Crippen LogP contribution is 2.21. The Labute approximate surface area is 113 Å². The van der Waals surface area contributed by atoms with E-state index in [1.165, 1.54) is 0 Å². The SMILES string of the molecule is O=C(OCCOCCOCCCl)C(F)(F)S(=O)(=O)O. The van der Waals surface area contributed by atoms with E-state index in [0.29, 0.717) is 12.5 Å². The monoisotopic (exact) mass is 326 g/mol. The van der Waals surface area contributed by atoms with Crippen molar-refractivity contribution in [2.45, 2.75) is 5.25 Å². The Hall–Kier alpha value is -0.550. The molecule has 0 spiro atoms. The summed E-state index contributed by atoms with van der Waals surface area (Å²) >= 11 is 5.31. The van der Waals surface area contributed by atoms with Crippen LogP contribution in [-0.4, -0.2) is 63.1 Å². The molecule has 0 aliphatic carbocycles. The molecule has 7 nitrogen and oxygen atoms in total. The molecule has 1 N–H and O–H groups in total. The Morgan fingerprint density at radius 2 is 1.58 bits per heavy atom. The van der Waals surface area contributed by atoms with Crippen LogP contribution >= 0.6 is 11.6 Å². The van der Waals surface area contributed by atoms with Crippen LogP contribution in [0.15, 0.2) is 0 Å². The smallest absolute Gasteiger partial charge is 0.458 e. The molecule has 0 unspecified atom stereocenters. The van der Waals surface area contributed by atoms with Crippen LogP contribution in [0, 0.1) is 0 Å². The van der Waals surface area contributed by atoms with Crippen molar-refractivity contribution in [3.63, 3.8) is 0 Å². The molecule has 114 valence electrons. The molecule has 0 amide bonds. The third kappa shape index (κ3) is 6.97. The van der Waals surface area contributed by atoms with E-state index in [9.17, 15) is 22.0 Å². The number of carbonyl (C=O) groups is 1. The largest absolute Gasteiger partial charge is 0.465 e. The molecule has 0 heterocycles. The first-order valence-electron chi connectivity index (χ1n) is 4.97. The first kappa shape index (κ1) is 18.4. The summed E-state index contributed by atoms with van der Waals surface area (Å²) in [7, 11) is -5.84. The fourth-order valence-corrected chi connectivity index (χ4v) is 1.14. The number of rotatable bonds is 10. The third-order valence-corrected chi connectivity index (χ3v) is 2.58. The van der Waals surface area contributed by atoms with E-state index < -0.39 is 27.9 Å². The molecule has 0 aromatic carbocycles. The van der Waals surface area contributed by atoms with Crippen molar-refractivity contribution in [2.75, 3.05) is 38.9 Å². The Morgan fingerprint density at radius 3 is 2.05 bits per heavy atom. The second kappa shape index (κ2) is 8.59. The first-order chi connectivity index (χ1) is 8.73. The number of halogens is 3. The Balaban J connectivity index is 3.76. The van der Waals surface area contributed by atoms with Gasteiger partial charge in [-0.1, -0.05) is 0 Å². The predicted molar refractivity (Wildman–Crippen MR) is 59.8 cm³/mol. The van der Waals surface area contributed by atoms with E-state index >= 15 is 0 Å². The number of carbonyl (C=O) groups excluding carboxylic acids is 1. The van der Waals surface area contributed by atoms with Gasteiger partial charge in [-0.2, -0.15) is 17.2 Å². The summed E-state index contributed by atoms with van der Waals surface area (Å²) in [5, 5.41) is -4.99. The minimum absolute atomic E-state index is 0.128. The van der Waals surface area contributed by atoms with Gasteiger partial charge in [0.25, 0.3) is 0 Å². The highest BCUT2D eigenvalue weighted by Gasteiger charge is 2.54. The molecule has 0 radical (unpaired) electrons. The zero-order chi connectivity index (χ0) is 14.9. The Bertz CT molecular complexity index is 373. The van der Waals surface area contributed by atoms with Gasteiger partial charge in [0.05, 0.1) is 26.4 Å². The summed E-state index contributed by atoms with van der Waals surface area (Å²) in [5.74, 6) is -2.04. The molecule has 0 bridgehead atoms. The van der Waals surface area contributed by atoms with Crippen LogP contribution in [-0.2, 0) is 29.1 Å². The molecule has 11 heteroatoms. The number of hydrogen-bond acceptors (Lipinski definition) is 6. The minimum atomic E-state index is -5.84. The second-order valence-corrected chi connectivity index (χ2v) is 4.88. The molecular weight excluding hydrogens is 314 g/mol. The van der Waals surface area contributed by atoms with Crippen molar-refractivity contribution in [1.29, 1.82) is 0 Å². The van der Waals surface area contributed by atoms with Gasteiger partial charge >= 0.3 is 21.3 Å². The molecule has 0 saturated heterocycles. The average molecular weight is 327 g/mol. The van der Waals surface area contributed by atoms with E-state index in [-0.39, 0.29) is 19.8 Å². The van der Waals surface area contributed by atoms with E-state index in [2.05, 4.69) is 4.74 Å². The molecule has 0 atom stereocenters. The van der Waals surface area contributed by atoms with Crippen molar-refractivity contribution in [3.05, 3.63) is 0 Å². The summed E-state index contributed by atoms with van der Waals surface area (Å²) in [6, 6.07) is 0. The van der Waals surface area contributed by atoms with Crippen molar-refractivity contribution in [1.82, 2.24) is 0 Å². The third-order valence-electron chi connectivity index (χ3n) is 1.62. The highest BCUT2D eigenvalue weighted by atomic mass is 35.5. The number of hydrogen-bond donors (Lipinski definition) is 1. The molecule has 0 aromatic rings. The molecule has 0 saturated carbocycles. The first-order valence-corrected chi connectivity index (χ1v) is 6.94. The van der Waals surface area contributed by atoms with Gasteiger partial charge in [0.15, 0.2) is 0 Å². The lowest BCUT2D eigenvalue weighted by Gasteiger charge is -2.12. The van der Waals surface area contributed by atoms with E-state index in [1.54, 1.807) is 0 Å². The minimum Gasteiger partial charge on any atom is -0.458 e. The molecular formula is C8H13ClF2O7S. The van der Waals surface area contributed by atoms with Gasteiger partial charge in [0, 0.05) is 5.88 Å². The van der Waals surface area contributed by atoms with Gasteiger partial charge in [-0.05, 0) is 0 Å². The van der Waals surface area contributed by atoms with Crippen LogP contribution in [0.5, 0.6) is 0 Å². The van der Waals surface area contributed by atoms with Gasteiger partial charge in [-0.25, -0.2) is 4.79 Å². The lowest BCUT2D eigenvalue weighted by Crippen LogP contribution is -2.39. The summed E-state index contributed by atoms with van der Waals surface area (Å²) in [4.78, 5) is 10.7. The standard InChI is InChI=1S/C8H13ClF2O7S/c9-1-2-16-3-4-17-5-6-18-7(12)8(10,11)19(13,14)15/h1-6H2,(H,13,14,15). The summed E-state index contributed by atoms with van der Waals surface area (Å²) in [6.45, 7) is -0.123. The lowest BCUT2D eigenvalue weighted by molar-refractivity contribution is -0.163. The number of esters is 1. The zero-order valence-electron chi connectivity index (χ0n) is 9.68.